The molecule has 3 heterocycles. The second-order valence-electron chi connectivity index (χ2n) is 8.21. The van der Waals surface area contributed by atoms with Crippen LogP contribution in [0, 0.1) is 18.7 Å². The van der Waals surface area contributed by atoms with E-state index in [1.54, 1.807) is 12.1 Å². The van der Waals surface area contributed by atoms with Crippen molar-refractivity contribution in [2.45, 2.75) is 25.9 Å². The Kier molecular flexibility index (Phi) is 4.91. The second-order valence-corrected chi connectivity index (χ2v) is 8.21. The lowest BCUT2D eigenvalue weighted by Crippen LogP contribution is -2.44. The number of halogens is 1. The van der Waals surface area contributed by atoms with Crippen molar-refractivity contribution in [3.63, 3.8) is 0 Å². The Morgan fingerprint density at radius 2 is 2.07 bits per heavy atom. The summed E-state index contributed by atoms with van der Waals surface area (Å²) in [6, 6.07) is 15.6. The zero-order chi connectivity index (χ0) is 19.8. The molecular formula is C23H26FN5. The minimum absolute atomic E-state index is 0.234. The van der Waals surface area contributed by atoms with E-state index < -0.39 is 0 Å². The summed E-state index contributed by atoms with van der Waals surface area (Å²) < 4.78 is 15.8. The topological polar surface area (TPSA) is 45.1 Å². The number of hydrazine groups is 1. The molecule has 0 saturated carbocycles. The number of rotatable bonds is 4. The quantitative estimate of drug-likeness (QED) is 0.717. The molecule has 5 nitrogen and oxygen atoms in total. The van der Waals surface area contributed by atoms with E-state index in [1.165, 1.54) is 11.6 Å². The van der Waals surface area contributed by atoms with E-state index in [1.807, 2.05) is 16.8 Å². The molecule has 5 rings (SSSR count). The number of aromatic nitrogens is 2. The summed E-state index contributed by atoms with van der Waals surface area (Å²) in [7, 11) is 0. The largest absolute Gasteiger partial charge is 0.298 e. The molecular weight excluding hydrogens is 365 g/mol. The zero-order valence-corrected chi connectivity index (χ0v) is 16.6. The molecule has 0 aliphatic carbocycles. The van der Waals surface area contributed by atoms with E-state index in [0.29, 0.717) is 12.0 Å². The second kappa shape index (κ2) is 7.71. The molecule has 2 saturated heterocycles. The summed E-state index contributed by atoms with van der Waals surface area (Å²) in [5.41, 5.74) is 11.7. The Hall–Kier alpha value is -2.54. The lowest BCUT2D eigenvalue weighted by molar-refractivity contribution is 0.161. The number of fused-ring (bicyclic) bond motifs is 1. The monoisotopic (exact) mass is 391 g/mol. The Morgan fingerprint density at radius 1 is 1.17 bits per heavy atom. The fourth-order valence-electron chi connectivity index (χ4n) is 4.52. The van der Waals surface area contributed by atoms with Crippen molar-refractivity contribution in [1.82, 2.24) is 25.5 Å². The molecule has 1 aromatic heterocycles. The van der Waals surface area contributed by atoms with Crippen LogP contribution in [-0.4, -0.2) is 40.4 Å². The number of aryl methyl sites for hydroxylation is 1. The third kappa shape index (κ3) is 3.83. The molecule has 2 N–H and O–H groups in total. The SMILES string of the molecule is Cc1cccc(-n2cc(CN3CCC4NNCC4C3)c(-c3cccc(F)c3)n2)c1. The highest BCUT2D eigenvalue weighted by molar-refractivity contribution is 5.63. The first-order valence-corrected chi connectivity index (χ1v) is 10.3. The molecule has 2 fully saturated rings. The third-order valence-corrected chi connectivity index (χ3v) is 6.02. The van der Waals surface area contributed by atoms with E-state index in [-0.39, 0.29) is 5.82 Å². The van der Waals surface area contributed by atoms with Gasteiger partial charge in [0.2, 0.25) is 0 Å². The van der Waals surface area contributed by atoms with Crippen molar-refractivity contribution in [2.24, 2.45) is 5.92 Å². The van der Waals surface area contributed by atoms with E-state index in [4.69, 9.17) is 5.10 Å². The zero-order valence-electron chi connectivity index (χ0n) is 16.6. The average Bonchev–Trinajstić information content (AvgIpc) is 3.35. The molecule has 2 atom stereocenters. The van der Waals surface area contributed by atoms with E-state index in [0.717, 1.165) is 55.1 Å². The number of nitrogens with zero attached hydrogens (tertiary/aromatic N) is 3. The smallest absolute Gasteiger partial charge is 0.123 e. The maximum atomic E-state index is 13.9. The van der Waals surface area contributed by atoms with Gasteiger partial charge in [0.25, 0.3) is 0 Å². The fraction of sp³-hybridized carbons (Fsp3) is 0.348. The van der Waals surface area contributed by atoms with Crippen molar-refractivity contribution in [1.29, 1.82) is 0 Å². The standard InChI is InChI=1S/C23H26FN5/c1-16-4-2-7-21(10-16)29-15-19(23(27-29)17-5-3-6-20(24)11-17)14-28-9-8-22-18(13-28)12-25-26-22/h2-7,10-11,15,18,22,25-26H,8-9,12-14H2,1H3. The van der Waals surface area contributed by atoms with Crippen LogP contribution in [0.2, 0.25) is 0 Å². The average molecular weight is 391 g/mol. The van der Waals surface area contributed by atoms with Crippen LogP contribution in [0.4, 0.5) is 4.39 Å². The van der Waals surface area contributed by atoms with Crippen molar-refractivity contribution in [3.05, 3.63) is 71.7 Å². The highest BCUT2D eigenvalue weighted by atomic mass is 19.1. The van der Waals surface area contributed by atoms with Gasteiger partial charge in [0.05, 0.1) is 11.4 Å². The van der Waals surface area contributed by atoms with Crippen molar-refractivity contribution >= 4 is 0 Å². The van der Waals surface area contributed by atoms with Gasteiger partial charge in [-0.3, -0.25) is 15.8 Å². The van der Waals surface area contributed by atoms with Crippen LogP contribution in [-0.2, 0) is 6.54 Å². The van der Waals surface area contributed by atoms with Gasteiger partial charge in [-0.2, -0.15) is 5.10 Å². The van der Waals surface area contributed by atoms with Gasteiger partial charge in [-0.25, -0.2) is 9.07 Å². The molecule has 0 bridgehead atoms. The molecule has 2 aliphatic heterocycles. The first-order chi connectivity index (χ1) is 14.2. The summed E-state index contributed by atoms with van der Waals surface area (Å²) in [6.07, 6.45) is 3.24. The third-order valence-electron chi connectivity index (χ3n) is 6.02. The molecule has 150 valence electrons. The number of nitrogens with one attached hydrogen (secondary N) is 2. The highest BCUT2D eigenvalue weighted by Crippen LogP contribution is 2.28. The minimum atomic E-state index is -0.234. The van der Waals surface area contributed by atoms with E-state index >= 15 is 0 Å². The highest BCUT2D eigenvalue weighted by Gasteiger charge is 2.33. The summed E-state index contributed by atoms with van der Waals surface area (Å²) in [5, 5.41) is 4.86. The van der Waals surface area contributed by atoms with Gasteiger partial charge in [-0.1, -0.05) is 24.3 Å². The van der Waals surface area contributed by atoms with Gasteiger partial charge >= 0.3 is 0 Å². The molecule has 3 aromatic rings. The molecule has 2 aromatic carbocycles. The first-order valence-electron chi connectivity index (χ1n) is 10.3. The maximum Gasteiger partial charge on any atom is 0.123 e. The lowest BCUT2D eigenvalue weighted by Gasteiger charge is -2.34. The molecule has 0 spiro atoms. The molecule has 0 amide bonds. The van der Waals surface area contributed by atoms with Crippen LogP contribution in [0.5, 0.6) is 0 Å². The molecule has 0 radical (unpaired) electrons. The molecule has 2 unspecified atom stereocenters. The molecule has 29 heavy (non-hydrogen) atoms. The predicted octanol–water partition coefficient (Wildman–Crippen LogP) is 3.29. The number of hydrogen-bond donors (Lipinski definition) is 2. The van der Waals surface area contributed by atoms with Crippen LogP contribution in [0.15, 0.2) is 54.7 Å². The Morgan fingerprint density at radius 3 is 2.93 bits per heavy atom. The van der Waals surface area contributed by atoms with Crippen LogP contribution < -0.4 is 10.9 Å². The maximum absolute atomic E-state index is 13.9. The van der Waals surface area contributed by atoms with Gasteiger partial charge in [-0.15, -0.1) is 0 Å². The van der Waals surface area contributed by atoms with Crippen molar-refractivity contribution in [2.75, 3.05) is 19.6 Å². The lowest BCUT2D eigenvalue weighted by atomic mass is 9.94. The van der Waals surface area contributed by atoms with Gasteiger partial charge < -0.3 is 0 Å². The van der Waals surface area contributed by atoms with Gasteiger partial charge in [0.15, 0.2) is 0 Å². The van der Waals surface area contributed by atoms with Crippen LogP contribution >= 0.6 is 0 Å². The van der Waals surface area contributed by atoms with E-state index in [9.17, 15) is 4.39 Å². The normalized spacial score (nSPS) is 22.0. The Bertz CT molecular complexity index is 1010. The molecule has 6 heteroatoms. The van der Waals surface area contributed by atoms with Crippen molar-refractivity contribution in [3.8, 4) is 16.9 Å². The Labute approximate surface area is 170 Å². The van der Waals surface area contributed by atoms with Crippen molar-refractivity contribution < 1.29 is 4.39 Å². The summed E-state index contributed by atoms with van der Waals surface area (Å²) in [4.78, 5) is 2.50. The van der Waals surface area contributed by atoms with Crippen LogP contribution in [0.1, 0.15) is 17.5 Å². The van der Waals surface area contributed by atoms with Gasteiger partial charge in [0, 0.05) is 55.5 Å². The van der Waals surface area contributed by atoms with Gasteiger partial charge in [-0.05, 0) is 43.2 Å². The summed E-state index contributed by atoms with van der Waals surface area (Å²) in [5.74, 6) is 0.399. The summed E-state index contributed by atoms with van der Waals surface area (Å²) >= 11 is 0. The number of benzene rings is 2. The Balaban J connectivity index is 1.49. The van der Waals surface area contributed by atoms with Gasteiger partial charge in [0.1, 0.15) is 5.82 Å². The molecule has 2 aliphatic rings. The summed E-state index contributed by atoms with van der Waals surface area (Å²) in [6.45, 7) is 6.02. The predicted molar refractivity (Wildman–Crippen MR) is 112 cm³/mol. The number of hydrogen-bond acceptors (Lipinski definition) is 4. The first kappa shape index (κ1) is 18.5. The van der Waals surface area contributed by atoms with Crippen LogP contribution in [0.25, 0.3) is 16.9 Å². The number of piperidine rings is 1. The minimum Gasteiger partial charge on any atom is -0.298 e. The van der Waals surface area contributed by atoms with Crippen LogP contribution in [0.3, 0.4) is 0 Å². The van der Waals surface area contributed by atoms with E-state index in [2.05, 4.69) is 47.1 Å². The fourth-order valence-corrected chi connectivity index (χ4v) is 4.52. The number of likely N-dealkylation sites (tertiary alicyclic amines) is 1.